The maximum absolute atomic E-state index is 13.5. The molecule has 0 atom stereocenters. The Morgan fingerprint density at radius 3 is 2.71 bits per heavy atom. The number of hydrogen-bond donors (Lipinski definition) is 0. The summed E-state index contributed by atoms with van der Waals surface area (Å²) in [5.74, 6) is 0.539. The average molecular weight is 480 g/mol. The van der Waals surface area contributed by atoms with Crippen molar-refractivity contribution in [1.82, 2.24) is 9.88 Å². The Balaban J connectivity index is 1.36. The van der Waals surface area contributed by atoms with Crippen LogP contribution in [0, 0.1) is 5.82 Å². The summed E-state index contributed by atoms with van der Waals surface area (Å²) in [6, 6.07) is 12.4. The highest BCUT2D eigenvalue weighted by molar-refractivity contribution is 6.31. The Bertz CT molecular complexity index is 1300. The number of ether oxygens (including phenoxy) is 1. The quantitative estimate of drug-likeness (QED) is 0.556. The van der Waals surface area contributed by atoms with Crippen molar-refractivity contribution in [1.29, 1.82) is 0 Å². The third-order valence-corrected chi connectivity index (χ3v) is 6.72. The van der Waals surface area contributed by atoms with Crippen LogP contribution in [-0.4, -0.2) is 41.9 Å². The van der Waals surface area contributed by atoms with Crippen molar-refractivity contribution in [3.63, 3.8) is 0 Å². The van der Waals surface area contributed by atoms with Crippen LogP contribution in [0.25, 0.3) is 11.1 Å². The summed E-state index contributed by atoms with van der Waals surface area (Å²) in [5.41, 5.74) is 4.66. The van der Waals surface area contributed by atoms with Gasteiger partial charge in [-0.25, -0.2) is 9.37 Å². The monoisotopic (exact) mass is 479 g/mol. The van der Waals surface area contributed by atoms with E-state index in [4.69, 9.17) is 16.3 Å². The Hall–Kier alpha value is -3.45. The lowest BCUT2D eigenvalue weighted by Gasteiger charge is -2.33. The molecule has 2 aromatic carbocycles. The predicted molar refractivity (Wildman–Crippen MR) is 127 cm³/mol. The molecule has 0 saturated heterocycles. The lowest BCUT2D eigenvalue weighted by Crippen LogP contribution is -2.46. The van der Waals surface area contributed by atoms with Gasteiger partial charge in [0.25, 0.3) is 0 Å². The number of carbonyl (C=O) groups is 2. The minimum atomic E-state index is -0.481. The molecule has 0 spiro atoms. The molecule has 2 amide bonds. The number of nitrogens with zero attached hydrogens (tertiary/aromatic N) is 3. The average Bonchev–Trinajstić information content (AvgIpc) is 2.86. The lowest BCUT2D eigenvalue weighted by molar-refractivity contribution is -0.132. The van der Waals surface area contributed by atoms with Gasteiger partial charge in [0.2, 0.25) is 11.8 Å². The predicted octanol–water partition coefficient (Wildman–Crippen LogP) is 4.41. The number of pyridine rings is 1. The summed E-state index contributed by atoms with van der Waals surface area (Å²) < 4.78 is 18.9. The second-order valence-electron chi connectivity index (χ2n) is 8.52. The van der Waals surface area contributed by atoms with Gasteiger partial charge >= 0.3 is 0 Å². The molecule has 1 aromatic heterocycles. The molecule has 0 bridgehead atoms. The zero-order chi connectivity index (χ0) is 23.8. The second-order valence-corrected chi connectivity index (χ2v) is 8.92. The summed E-state index contributed by atoms with van der Waals surface area (Å²) in [5, 5.41) is 0.0401. The van der Waals surface area contributed by atoms with Crippen molar-refractivity contribution < 1.29 is 18.7 Å². The highest BCUT2D eigenvalue weighted by atomic mass is 35.5. The number of rotatable bonds is 4. The van der Waals surface area contributed by atoms with Crippen LogP contribution < -0.4 is 9.64 Å². The zero-order valence-corrected chi connectivity index (χ0v) is 19.4. The number of carbonyl (C=O) groups excluding carboxylic acids is 2. The molecule has 5 rings (SSSR count). The molecule has 174 valence electrons. The van der Waals surface area contributed by atoms with Crippen molar-refractivity contribution in [2.45, 2.75) is 25.8 Å². The van der Waals surface area contributed by atoms with Crippen molar-refractivity contribution in [3.8, 4) is 16.9 Å². The molecule has 34 heavy (non-hydrogen) atoms. The van der Waals surface area contributed by atoms with Gasteiger partial charge in [-0.05, 0) is 65.4 Å². The first-order chi connectivity index (χ1) is 16.4. The largest absolute Gasteiger partial charge is 0.497 e. The smallest absolute Gasteiger partial charge is 0.243 e. The molecule has 3 heterocycles. The van der Waals surface area contributed by atoms with Crippen LogP contribution in [0.4, 0.5) is 10.2 Å². The molecule has 0 N–H and O–H groups in total. The molecule has 0 unspecified atom stereocenters. The highest BCUT2D eigenvalue weighted by Crippen LogP contribution is 2.32. The molecule has 3 aromatic rings. The maximum atomic E-state index is 13.5. The van der Waals surface area contributed by atoms with E-state index < -0.39 is 5.82 Å². The number of benzene rings is 2. The van der Waals surface area contributed by atoms with Crippen molar-refractivity contribution in [2.75, 3.05) is 25.1 Å². The van der Waals surface area contributed by atoms with E-state index in [0.29, 0.717) is 31.7 Å². The number of halogens is 2. The number of aryl methyl sites for hydroxylation is 1. The summed E-state index contributed by atoms with van der Waals surface area (Å²) >= 11 is 5.93. The van der Waals surface area contributed by atoms with Crippen LogP contribution in [0.5, 0.6) is 5.75 Å². The molecule has 6 nitrogen and oxygen atoms in total. The molecule has 0 radical (unpaired) electrons. The minimum absolute atomic E-state index is 0.0401. The van der Waals surface area contributed by atoms with E-state index in [2.05, 4.69) is 4.98 Å². The highest BCUT2D eigenvalue weighted by Gasteiger charge is 2.30. The first-order valence-corrected chi connectivity index (χ1v) is 11.5. The standard InChI is InChI=1S/C26H23ClFN3O3/c1-34-21-5-2-16-8-9-30(14-20(16)11-21)25(33)15-31-24(32)7-4-18-10-19(13-29-26(18)31)17-3-6-23(28)22(27)12-17/h2-3,5-6,10-13H,4,7-9,14-15H2,1H3. The molecule has 2 aliphatic heterocycles. The summed E-state index contributed by atoms with van der Waals surface area (Å²) in [6.07, 6.45) is 3.22. The number of fused-ring (bicyclic) bond motifs is 2. The van der Waals surface area contributed by atoms with Crippen LogP contribution >= 0.6 is 11.6 Å². The van der Waals surface area contributed by atoms with Gasteiger partial charge in [0, 0.05) is 31.3 Å². The fourth-order valence-electron chi connectivity index (χ4n) is 4.53. The van der Waals surface area contributed by atoms with Crippen molar-refractivity contribution >= 4 is 29.2 Å². The van der Waals surface area contributed by atoms with E-state index in [1.165, 1.54) is 16.5 Å². The summed E-state index contributed by atoms with van der Waals surface area (Å²) in [4.78, 5) is 33.7. The van der Waals surface area contributed by atoms with Crippen LogP contribution in [0.15, 0.2) is 48.7 Å². The fraction of sp³-hybridized carbons (Fsp3) is 0.269. The fourth-order valence-corrected chi connectivity index (χ4v) is 4.71. The number of aromatic nitrogens is 1. The summed E-state index contributed by atoms with van der Waals surface area (Å²) in [7, 11) is 1.62. The first-order valence-electron chi connectivity index (χ1n) is 11.1. The molecular formula is C26H23ClFN3O3. The molecule has 0 saturated carbocycles. The van der Waals surface area contributed by atoms with Gasteiger partial charge in [0.1, 0.15) is 23.9 Å². The molecule has 0 aliphatic carbocycles. The Morgan fingerprint density at radius 1 is 1.06 bits per heavy atom. The maximum Gasteiger partial charge on any atom is 0.243 e. The molecule has 2 aliphatic rings. The van der Waals surface area contributed by atoms with Gasteiger partial charge in [0.05, 0.1) is 12.1 Å². The SMILES string of the molecule is COc1ccc2c(c1)CN(C(=O)CN1C(=O)CCc3cc(-c4ccc(F)c(Cl)c4)cnc31)CC2. The lowest BCUT2D eigenvalue weighted by atomic mass is 9.98. The van der Waals surface area contributed by atoms with Gasteiger partial charge in [0.15, 0.2) is 0 Å². The van der Waals surface area contributed by atoms with Gasteiger partial charge in [-0.15, -0.1) is 0 Å². The third-order valence-electron chi connectivity index (χ3n) is 6.43. The molecular weight excluding hydrogens is 457 g/mol. The number of anilines is 1. The van der Waals surface area contributed by atoms with Gasteiger partial charge < -0.3 is 9.64 Å². The number of methoxy groups -OCH3 is 1. The van der Waals surface area contributed by atoms with Crippen LogP contribution in [0.2, 0.25) is 5.02 Å². The normalized spacial score (nSPS) is 15.1. The van der Waals surface area contributed by atoms with Gasteiger partial charge in [-0.3, -0.25) is 14.5 Å². The van der Waals surface area contributed by atoms with Crippen LogP contribution in [0.3, 0.4) is 0 Å². The Labute approximate surface area is 201 Å². The minimum Gasteiger partial charge on any atom is -0.497 e. The number of hydrogen-bond acceptors (Lipinski definition) is 4. The van der Waals surface area contributed by atoms with E-state index in [-0.39, 0.29) is 23.4 Å². The van der Waals surface area contributed by atoms with Gasteiger partial charge in [-0.2, -0.15) is 0 Å². The van der Waals surface area contributed by atoms with Gasteiger partial charge in [-0.1, -0.05) is 23.7 Å². The van der Waals surface area contributed by atoms with E-state index in [1.54, 1.807) is 30.3 Å². The zero-order valence-electron chi connectivity index (χ0n) is 18.7. The molecule has 8 heteroatoms. The third kappa shape index (κ3) is 4.23. The van der Waals surface area contributed by atoms with Crippen molar-refractivity contribution in [2.24, 2.45) is 0 Å². The van der Waals surface area contributed by atoms with E-state index in [9.17, 15) is 14.0 Å². The van der Waals surface area contributed by atoms with E-state index in [0.717, 1.165) is 34.4 Å². The first kappa shape index (κ1) is 22.3. The Kier molecular flexibility index (Phi) is 5.96. The van der Waals surface area contributed by atoms with Crippen LogP contribution in [-0.2, 0) is 29.0 Å². The van der Waals surface area contributed by atoms with Crippen molar-refractivity contribution in [3.05, 3.63) is 76.2 Å². The summed E-state index contributed by atoms with van der Waals surface area (Å²) in [6.45, 7) is 1.03. The number of amides is 2. The molecule has 0 fully saturated rings. The van der Waals surface area contributed by atoms with Crippen LogP contribution in [0.1, 0.15) is 23.1 Å². The topological polar surface area (TPSA) is 62.7 Å². The Morgan fingerprint density at radius 2 is 1.91 bits per heavy atom. The van der Waals surface area contributed by atoms with E-state index >= 15 is 0 Å². The second kappa shape index (κ2) is 9.06. The van der Waals surface area contributed by atoms with E-state index in [1.807, 2.05) is 24.3 Å².